The number of rotatable bonds is 5. The number of anilines is 1. The molecule has 0 aromatic heterocycles. The van der Waals surface area contributed by atoms with Crippen molar-refractivity contribution in [2.24, 2.45) is 11.8 Å². The summed E-state index contributed by atoms with van der Waals surface area (Å²) >= 11 is 0. The number of aryl methyl sites for hydroxylation is 1. The zero-order valence-electron chi connectivity index (χ0n) is 14.0. The topological polar surface area (TPSA) is 82.0 Å². The first-order valence-electron chi connectivity index (χ1n) is 8.21. The number of nitriles is 1. The second kappa shape index (κ2) is 7.18. The Kier molecular flexibility index (Phi) is 4.80. The summed E-state index contributed by atoms with van der Waals surface area (Å²) in [6.07, 6.45) is 0.571. The summed E-state index contributed by atoms with van der Waals surface area (Å²) in [6, 6.07) is 16.6. The quantitative estimate of drug-likeness (QED) is 0.882. The predicted molar refractivity (Wildman–Crippen MR) is 94.4 cm³/mol. The number of nitrogens with zero attached hydrogens (tertiary/aromatic N) is 1. The van der Waals surface area contributed by atoms with E-state index >= 15 is 0 Å². The highest BCUT2D eigenvalue weighted by Gasteiger charge is 2.47. The number of nitrogens with one attached hydrogen (secondary N) is 2. The van der Waals surface area contributed by atoms with Gasteiger partial charge in [-0.15, -0.1) is 0 Å². The standard InChI is InChI=1S/C20H19N3O2/c1-13-4-2-3-5-15(13)12-22-19(24)17-10-18(17)20(25)23-16-8-6-14(11-21)7-9-16/h2-9,17-18H,10,12H2,1H3,(H,22,24)(H,23,25). The number of hydrogen-bond donors (Lipinski definition) is 2. The Morgan fingerprint density at radius 1 is 1.08 bits per heavy atom. The number of amides is 2. The fourth-order valence-corrected chi connectivity index (χ4v) is 2.76. The van der Waals surface area contributed by atoms with Crippen molar-refractivity contribution in [2.75, 3.05) is 5.32 Å². The molecule has 0 spiro atoms. The molecule has 3 rings (SSSR count). The molecular formula is C20H19N3O2. The van der Waals surface area contributed by atoms with E-state index in [0.29, 0.717) is 24.2 Å². The van der Waals surface area contributed by atoms with Crippen LogP contribution in [-0.4, -0.2) is 11.8 Å². The van der Waals surface area contributed by atoms with Gasteiger partial charge >= 0.3 is 0 Å². The van der Waals surface area contributed by atoms with E-state index in [1.165, 1.54) is 0 Å². The Morgan fingerprint density at radius 3 is 2.44 bits per heavy atom. The average Bonchev–Trinajstić information content (AvgIpc) is 3.42. The maximum Gasteiger partial charge on any atom is 0.228 e. The molecule has 0 aliphatic heterocycles. The van der Waals surface area contributed by atoms with Gasteiger partial charge in [0, 0.05) is 12.2 Å². The van der Waals surface area contributed by atoms with E-state index in [1.807, 2.05) is 37.3 Å². The summed E-state index contributed by atoms with van der Waals surface area (Å²) in [7, 11) is 0. The first-order chi connectivity index (χ1) is 12.1. The molecule has 2 N–H and O–H groups in total. The molecule has 2 atom stereocenters. The lowest BCUT2D eigenvalue weighted by molar-refractivity contribution is -0.125. The van der Waals surface area contributed by atoms with Crippen LogP contribution in [-0.2, 0) is 16.1 Å². The van der Waals surface area contributed by atoms with Gasteiger partial charge in [0.1, 0.15) is 0 Å². The molecule has 0 saturated heterocycles. The summed E-state index contributed by atoms with van der Waals surface area (Å²) in [5, 5.41) is 14.5. The average molecular weight is 333 g/mol. The summed E-state index contributed by atoms with van der Waals surface area (Å²) < 4.78 is 0. The lowest BCUT2D eigenvalue weighted by Gasteiger charge is -2.08. The smallest absolute Gasteiger partial charge is 0.228 e. The highest BCUT2D eigenvalue weighted by atomic mass is 16.2. The van der Waals surface area contributed by atoms with Crippen molar-refractivity contribution >= 4 is 17.5 Å². The highest BCUT2D eigenvalue weighted by Crippen LogP contribution is 2.39. The van der Waals surface area contributed by atoms with E-state index in [-0.39, 0.29) is 23.7 Å². The van der Waals surface area contributed by atoms with Crippen molar-refractivity contribution in [1.29, 1.82) is 5.26 Å². The van der Waals surface area contributed by atoms with Crippen LogP contribution < -0.4 is 10.6 Å². The summed E-state index contributed by atoms with van der Waals surface area (Å²) in [5.74, 6) is -0.779. The molecule has 2 aromatic carbocycles. The van der Waals surface area contributed by atoms with Crippen LogP contribution in [0.5, 0.6) is 0 Å². The van der Waals surface area contributed by atoms with Gasteiger partial charge in [0.05, 0.1) is 23.5 Å². The number of hydrogen-bond acceptors (Lipinski definition) is 3. The monoisotopic (exact) mass is 333 g/mol. The molecule has 1 aliphatic carbocycles. The molecule has 2 aromatic rings. The van der Waals surface area contributed by atoms with Gasteiger partial charge in [0.15, 0.2) is 0 Å². The van der Waals surface area contributed by atoms with Crippen LogP contribution >= 0.6 is 0 Å². The fraction of sp³-hybridized carbons (Fsp3) is 0.250. The van der Waals surface area contributed by atoms with Crippen molar-refractivity contribution in [3.63, 3.8) is 0 Å². The largest absolute Gasteiger partial charge is 0.352 e. The van der Waals surface area contributed by atoms with E-state index < -0.39 is 0 Å². The number of benzene rings is 2. The third kappa shape index (κ3) is 4.04. The fourth-order valence-electron chi connectivity index (χ4n) is 2.76. The maximum absolute atomic E-state index is 12.2. The molecule has 1 saturated carbocycles. The Morgan fingerprint density at radius 2 is 1.76 bits per heavy atom. The normalized spacial score (nSPS) is 18.1. The Bertz CT molecular complexity index is 837. The molecule has 126 valence electrons. The molecular weight excluding hydrogens is 314 g/mol. The molecule has 0 radical (unpaired) electrons. The van der Waals surface area contributed by atoms with Crippen molar-refractivity contribution in [2.45, 2.75) is 19.9 Å². The van der Waals surface area contributed by atoms with E-state index in [4.69, 9.17) is 5.26 Å². The first-order valence-corrected chi connectivity index (χ1v) is 8.21. The molecule has 1 fully saturated rings. The van der Waals surface area contributed by atoms with Gasteiger partial charge in [-0.3, -0.25) is 9.59 Å². The Hall–Kier alpha value is -3.13. The molecule has 5 nitrogen and oxygen atoms in total. The lowest BCUT2D eigenvalue weighted by atomic mass is 10.1. The van der Waals surface area contributed by atoms with Crippen molar-refractivity contribution in [3.05, 3.63) is 65.2 Å². The van der Waals surface area contributed by atoms with Gasteiger partial charge < -0.3 is 10.6 Å². The zero-order chi connectivity index (χ0) is 17.8. The van der Waals surface area contributed by atoms with Gasteiger partial charge in [0.2, 0.25) is 11.8 Å². The molecule has 2 unspecified atom stereocenters. The minimum atomic E-state index is -0.285. The highest BCUT2D eigenvalue weighted by molar-refractivity contribution is 5.99. The zero-order valence-corrected chi connectivity index (χ0v) is 14.0. The minimum absolute atomic E-state index is 0.0803. The van der Waals surface area contributed by atoms with E-state index in [2.05, 4.69) is 10.6 Å². The molecule has 5 heteroatoms. The van der Waals surface area contributed by atoms with Gasteiger partial charge in [-0.2, -0.15) is 5.26 Å². The third-order valence-electron chi connectivity index (χ3n) is 4.46. The van der Waals surface area contributed by atoms with Crippen molar-refractivity contribution in [3.8, 4) is 6.07 Å². The van der Waals surface area contributed by atoms with Crippen LogP contribution in [0.1, 0.15) is 23.1 Å². The van der Waals surface area contributed by atoms with Crippen LogP contribution in [0, 0.1) is 30.1 Å². The van der Waals surface area contributed by atoms with E-state index in [0.717, 1.165) is 11.1 Å². The Balaban J connectivity index is 1.49. The molecule has 1 aliphatic rings. The second-order valence-corrected chi connectivity index (χ2v) is 6.27. The minimum Gasteiger partial charge on any atom is -0.352 e. The van der Waals surface area contributed by atoms with Crippen molar-refractivity contribution in [1.82, 2.24) is 5.32 Å². The first kappa shape index (κ1) is 16.7. The van der Waals surface area contributed by atoms with Gasteiger partial charge in [0.25, 0.3) is 0 Å². The molecule has 0 heterocycles. The molecule has 0 bridgehead atoms. The number of carbonyl (C=O) groups is 2. The Labute approximate surface area is 146 Å². The van der Waals surface area contributed by atoms with Gasteiger partial charge in [-0.05, 0) is 48.7 Å². The number of carbonyl (C=O) groups excluding carboxylic acids is 2. The molecule has 2 amide bonds. The van der Waals surface area contributed by atoms with E-state index in [1.54, 1.807) is 24.3 Å². The van der Waals surface area contributed by atoms with Gasteiger partial charge in [-0.25, -0.2) is 0 Å². The van der Waals surface area contributed by atoms with Crippen LogP contribution in [0.4, 0.5) is 5.69 Å². The van der Waals surface area contributed by atoms with Crippen LogP contribution in [0.2, 0.25) is 0 Å². The van der Waals surface area contributed by atoms with Crippen LogP contribution in [0.15, 0.2) is 48.5 Å². The van der Waals surface area contributed by atoms with E-state index in [9.17, 15) is 9.59 Å². The summed E-state index contributed by atoms with van der Waals surface area (Å²) in [5.41, 5.74) is 3.39. The summed E-state index contributed by atoms with van der Waals surface area (Å²) in [6.45, 7) is 2.48. The third-order valence-corrected chi connectivity index (χ3v) is 4.46. The molecule has 25 heavy (non-hydrogen) atoms. The van der Waals surface area contributed by atoms with Crippen LogP contribution in [0.3, 0.4) is 0 Å². The predicted octanol–water partition coefficient (Wildman–Crippen LogP) is 2.76. The van der Waals surface area contributed by atoms with Crippen LogP contribution in [0.25, 0.3) is 0 Å². The second-order valence-electron chi connectivity index (χ2n) is 6.27. The summed E-state index contributed by atoms with van der Waals surface area (Å²) in [4.78, 5) is 24.4. The lowest BCUT2D eigenvalue weighted by Crippen LogP contribution is -2.27. The van der Waals surface area contributed by atoms with Gasteiger partial charge in [-0.1, -0.05) is 24.3 Å². The van der Waals surface area contributed by atoms with Crippen molar-refractivity contribution < 1.29 is 9.59 Å². The maximum atomic E-state index is 12.2. The SMILES string of the molecule is Cc1ccccc1CNC(=O)C1CC1C(=O)Nc1ccc(C#N)cc1.